The van der Waals surface area contributed by atoms with E-state index in [2.05, 4.69) is 21.1 Å². The van der Waals surface area contributed by atoms with Crippen molar-refractivity contribution in [1.29, 1.82) is 0 Å². The van der Waals surface area contributed by atoms with E-state index >= 15 is 0 Å². The van der Waals surface area contributed by atoms with Crippen LogP contribution in [0.5, 0.6) is 11.6 Å². The van der Waals surface area contributed by atoms with E-state index in [1.807, 2.05) is 52.1 Å². The van der Waals surface area contributed by atoms with Gasteiger partial charge in [-0.25, -0.2) is 4.98 Å². The number of pyridine rings is 1. The number of rotatable bonds is 4. The Labute approximate surface area is 161 Å². The van der Waals surface area contributed by atoms with Crippen LogP contribution in [0.2, 0.25) is 0 Å². The third kappa shape index (κ3) is 4.59. The van der Waals surface area contributed by atoms with Gasteiger partial charge in [0.2, 0.25) is 5.88 Å². The Kier molecular flexibility index (Phi) is 5.99. The zero-order chi connectivity index (χ0) is 19.4. The molecular weight excluding hydrogens is 338 g/mol. The molecule has 0 amide bonds. The highest BCUT2D eigenvalue weighted by Gasteiger charge is 2.25. The topological polar surface area (TPSA) is 58.0 Å². The number of hydrogen-bond donors (Lipinski definition) is 1. The number of benzene rings is 1. The molecular formula is C22H29N3O2. The lowest BCUT2D eigenvalue weighted by atomic mass is 9.94. The van der Waals surface area contributed by atoms with Crippen LogP contribution < -0.4 is 4.74 Å². The number of oxime groups is 1. The maximum Gasteiger partial charge on any atom is 0.230 e. The van der Waals surface area contributed by atoms with Gasteiger partial charge >= 0.3 is 0 Å². The number of aromatic nitrogens is 1. The van der Waals surface area contributed by atoms with Crippen LogP contribution in [0.1, 0.15) is 54.5 Å². The predicted molar refractivity (Wildman–Crippen MR) is 108 cm³/mol. The first-order valence-electron chi connectivity index (χ1n) is 9.67. The van der Waals surface area contributed by atoms with Crippen molar-refractivity contribution in [2.45, 2.75) is 58.9 Å². The quantitative estimate of drug-likeness (QED) is 0.349. The lowest BCUT2D eigenvalue weighted by Gasteiger charge is -2.33. The standard InChI is InChI=1S/C22H29N3O2/c1-15-12-16(2)14-19(13-15)27-22-20(11-10-17(3)23-22)21(24-26)25(4)18-8-6-5-7-9-18/h10-14,18,26H,5-9H2,1-4H3/b24-21-. The molecule has 2 aromatic rings. The van der Waals surface area contributed by atoms with Gasteiger partial charge in [-0.3, -0.25) is 0 Å². The molecule has 0 aliphatic heterocycles. The number of amidine groups is 1. The first-order chi connectivity index (χ1) is 13.0. The summed E-state index contributed by atoms with van der Waals surface area (Å²) in [6, 6.07) is 10.3. The van der Waals surface area contributed by atoms with Crippen LogP contribution in [0, 0.1) is 20.8 Å². The molecule has 27 heavy (non-hydrogen) atoms. The third-order valence-corrected chi connectivity index (χ3v) is 5.20. The van der Waals surface area contributed by atoms with E-state index in [4.69, 9.17) is 4.74 Å². The molecule has 1 aliphatic carbocycles. The molecule has 5 nitrogen and oxygen atoms in total. The van der Waals surface area contributed by atoms with Crippen molar-refractivity contribution in [3.8, 4) is 11.6 Å². The van der Waals surface area contributed by atoms with Crippen LogP contribution in [0.15, 0.2) is 35.5 Å². The average molecular weight is 367 g/mol. The van der Waals surface area contributed by atoms with Crippen LogP contribution >= 0.6 is 0 Å². The van der Waals surface area contributed by atoms with Gasteiger partial charge < -0.3 is 14.8 Å². The summed E-state index contributed by atoms with van der Waals surface area (Å²) in [5, 5.41) is 13.4. The van der Waals surface area contributed by atoms with Gasteiger partial charge in [0.25, 0.3) is 0 Å². The van der Waals surface area contributed by atoms with E-state index in [0.29, 0.717) is 23.3 Å². The SMILES string of the molecule is Cc1cc(C)cc(Oc2nc(C)ccc2/C(=N/O)N(C)C2CCCCC2)c1. The fourth-order valence-electron chi connectivity index (χ4n) is 3.84. The van der Waals surface area contributed by atoms with Gasteiger partial charge in [0.1, 0.15) is 5.75 Å². The summed E-state index contributed by atoms with van der Waals surface area (Å²) >= 11 is 0. The van der Waals surface area contributed by atoms with Crippen molar-refractivity contribution in [2.24, 2.45) is 5.16 Å². The molecule has 1 aromatic carbocycles. The van der Waals surface area contributed by atoms with E-state index in [0.717, 1.165) is 35.4 Å². The minimum absolute atomic E-state index is 0.375. The highest BCUT2D eigenvalue weighted by atomic mass is 16.5. The van der Waals surface area contributed by atoms with E-state index in [1.54, 1.807) is 0 Å². The Morgan fingerprint density at radius 3 is 2.37 bits per heavy atom. The zero-order valence-electron chi connectivity index (χ0n) is 16.7. The normalized spacial score (nSPS) is 15.6. The smallest absolute Gasteiger partial charge is 0.230 e. The maximum absolute atomic E-state index is 9.79. The molecule has 1 N–H and O–H groups in total. The zero-order valence-corrected chi connectivity index (χ0v) is 16.7. The molecule has 0 radical (unpaired) electrons. The van der Waals surface area contributed by atoms with Crippen molar-refractivity contribution in [3.63, 3.8) is 0 Å². The number of hydrogen-bond acceptors (Lipinski definition) is 4. The molecule has 5 heteroatoms. The van der Waals surface area contributed by atoms with Crippen LogP contribution in [0.25, 0.3) is 0 Å². The molecule has 0 bridgehead atoms. The Morgan fingerprint density at radius 2 is 1.74 bits per heavy atom. The van der Waals surface area contributed by atoms with E-state index in [-0.39, 0.29) is 0 Å². The second-order valence-corrected chi connectivity index (χ2v) is 7.56. The molecule has 1 heterocycles. The van der Waals surface area contributed by atoms with Crippen molar-refractivity contribution in [1.82, 2.24) is 9.88 Å². The van der Waals surface area contributed by atoms with Crippen LogP contribution in [0.4, 0.5) is 0 Å². The second kappa shape index (κ2) is 8.42. The molecule has 1 aromatic heterocycles. The molecule has 0 saturated heterocycles. The molecule has 3 rings (SSSR count). The third-order valence-electron chi connectivity index (χ3n) is 5.20. The Hall–Kier alpha value is -2.56. The Balaban J connectivity index is 1.94. The monoisotopic (exact) mass is 367 g/mol. The average Bonchev–Trinajstić information content (AvgIpc) is 2.63. The van der Waals surface area contributed by atoms with Crippen molar-refractivity contribution < 1.29 is 9.94 Å². The lowest BCUT2D eigenvalue weighted by molar-refractivity contribution is 0.256. The molecule has 0 atom stereocenters. The largest absolute Gasteiger partial charge is 0.438 e. The fraction of sp³-hybridized carbons (Fsp3) is 0.455. The molecule has 0 spiro atoms. The fourth-order valence-corrected chi connectivity index (χ4v) is 3.84. The number of ether oxygens (including phenoxy) is 1. The van der Waals surface area contributed by atoms with Crippen LogP contribution in [0.3, 0.4) is 0 Å². The van der Waals surface area contributed by atoms with E-state index in [9.17, 15) is 5.21 Å². The summed E-state index contributed by atoms with van der Waals surface area (Å²) in [6.07, 6.45) is 5.94. The van der Waals surface area contributed by atoms with Crippen molar-refractivity contribution >= 4 is 5.84 Å². The Morgan fingerprint density at radius 1 is 1.07 bits per heavy atom. The first kappa shape index (κ1) is 19.2. The summed E-state index contributed by atoms with van der Waals surface area (Å²) in [7, 11) is 1.99. The van der Waals surface area contributed by atoms with Gasteiger partial charge in [0.05, 0.1) is 5.56 Å². The summed E-state index contributed by atoms with van der Waals surface area (Å²) in [6.45, 7) is 6.02. The molecule has 144 valence electrons. The van der Waals surface area contributed by atoms with E-state index < -0.39 is 0 Å². The van der Waals surface area contributed by atoms with Crippen LogP contribution in [-0.4, -0.2) is 34.0 Å². The first-order valence-corrected chi connectivity index (χ1v) is 9.67. The summed E-state index contributed by atoms with van der Waals surface area (Å²) in [4.78, 5) is 6.65. The van der Waals surface area contributed by atoms with Crippen molar-refractivity contribution in [2.75, 3.05) is 7.05 Å². The predicted octanol–water partition coefficient (Wildman–Crippen LogP) is 5.20. The van der Waals surface area contributed by atoms with Gasteiger partial charge in [-0.1, -0.05) is 30.5 Å². The molecule has 1 fully saturated rings. The van der Waals surface area contributed by atoms with Crippen molar-refractivity contribution in [3.05, 3.63) is 52.7 Å². The van der Waals surface area contributed by atoms with Gasteiger partial charge in [-0.05, 0) is 69.0 Å². The lowest BCUT2D eigenvalue weighted by Crippen LogP contribution is -2.39. The molecule has 1 aliphatic rings. The second-order valence-electron chi connectivity index (χ2n) is 7.56. The van der Waals surface area contributed by atoms with Gasteiger partial charge in [0.15, 0.2) is 5.84 Å². The van der Waals surface area contributed by atoms with Crippen LogP contribution in [-0.2, 0) is 0 Å². The summed E-state index contributed by atoms with van der Waals surface area (Å²) < 4.78 is 6.14. The van der Waals surface area contributed by atoms with Gasteiger partial charge in [-0.2, -0.15) is 0 Å². The molecule has 0 unspecified atom stereocenters. The minimum Gasteiger partial charge on any atom is -0.438 e. The Bertz CT molecular complexity index is 806. The van der Waals surface area contributed by atoms with E-state index in [1.165, 1.54) is 19.3 Å². The molecule has 1 saturated carbocycles. The summed E-state index contributed by atoms with van der Waals surface area (Å²) in [5.74, 6) is 1.72. The number of nitrogens with zero attached hydrogens (tertiary/aromatic N) is 3. The number of aryl methyl sites for hydroxylation is 3. The minimum atomic E-state index is 0.375. The maximum atomic E-state index is 9.79. The highest BCUT2D eigenvalue weighted by molar-refractivity contribution is 6.00. The summed E-state index contributed by atoms with van der Waals surface area (Å²) in [5.41, 5.74) is 3.83. The van der Waals surface area contributed by atoms with Gasteiger partial charge in [0, 0.05) is 18.8 Å². The van der Waals surface area contributed by atoms with Gasteiger partial charge in [-0.15, -0.1) is 0 Å². The highest BCUT2D eigenvalue weighted by Crippen LogP contribution is 2.29.